The molecule has 3 N–H and O–H groups in total. The summed E-state index contributed by atoms with van der Waals surface area (Å²) in [6.07, 6.45) is 1.93. The summed E-state index contributed by atoms with van der Waals surface area (Å²) in [4.78, 5) is 54.8. The number of aromatic amines is 1. The van der Waals surface area contributed by atoms with E-state index in [0.717, 1.165) is 7.11 Å². The molecule has 1 aromatic rings. The van der Waals surface area contributed by atoms with E-state index in [0.29, 0.717) is 12.8 Å². The number of methoxy groups -OCH3 is 1. The first-order chi connectivity index (χ1) is 10.7. The van der Waals surface area contributed by atoms with Crippen molar-refractivity contribution in [3.8, 4) is 0 Å². The van der Waals surface area contributed by atoms with Crippen LogP contribution in [0.2, 0.25) is 0 Å². The molecule has 0 aromatic carbocycles. The molecule has 1 aromatic heterocycles. The predicted molar refractivity (Wildman–Crippen MR) is 76.9 cm³/mol. The molecule has 11 heteroatoms. The van der Waals surface area contributed by atoms with Crippen molar-refractivity contribution in [1.29, 1.82) is 0 Å². The molecule has 0 amide bonds. The molecular weight excluding hydrogens is 331 g/mol. The number of carbonyl (C=O) groups is 1. The Labute approximate surface area is 130 Å². The van der Waals surface area contributed by atoms with Crippen LogP contribution in [0.1, 0.15) is 25.3 Å². The van der Waals surface area contributed by atoms with Crippen LogP contribution in [-0.4, -0.2) is 44.4 Å². The summed E-state index contributed by atoms with van der Waals surface area (Å²) in [5.41, 5.74) is -1.08. The van der Waals surface area contributed by atoms with Gasteiger partial charge in [-0.1, -0.05) is 0 Å². The van der Waals surface area contributed by atoms with Gasteiger partial charge in [0.1, 0.15) is 0 Å². The molecule has 2 rings (SSSR count). The Kier molecular flexibility index (Phi) is 5.20. The fourth-order valence-corrected chi connectivity index (χ4v) is 3.27. The minimum Gasteiger partial charge on any atom is -0.467 e. The highest BCUT2D eigenvalue weighted by atomic mass is 31.2. The van der Waals surface area contributed by atoms with Crippen molar-refractivity contribution < 1.29 is 28.6 Å². The summed E-state index contributed by atoms with van der Waals surface area (Å²) in [7, 11) is -3.82. The summed E-state index contributed by atoms with van der Waals surface area (Å²) in [5, 5.41) is 0. The quantitative estimate of drug-likeness (QED) is 0.468. The van der Waals surface area contributed by atoms with Gasteiger partial charge in [0.15, 0.2) is 0 Å². The molecule has 1 aliphatic carbocycles. The van der Waals surface area contributed by atoms with Gasteiger partial charge in [-0.05, 0) is 19.3 Å². The Hall–Kier alpha value is -1.74. The zero-order valence-electron chi connectivity index (χ0n) is 12.2. The Bertz CT molecular complexity index is 735. The lowest BCUT2D eigenvalue weighted by molar-refractivity contribution is -0.152. The standard InChI is InChI=1S/C12H17N2O8P/c1-21-10(16)11(23(18,19)20)22-8-3-2-7(6-8)14-5-4-9(15)13-12(14)17/h4-5,7-8,11H,2-3,6H2,1H3,(H,13,15,17)(H2,18,19,20)/t7-,8+,11?/m0/s1. The van der Waals surface area contributed by atoms with Crippen molar-refractivity contribution in [3.63, 3.8) is 0 Å². The van der Waals surface area contributed by atoms with Crippen LogP contribution in [0.15, 0.2) is 21.9 Å². The predicted octanol–water partition coefficient (Wildman–Crippen LogP) is -0.676. The molecule has 0 radical (unpaired) electrons. The van der Waals surface area contributed by atoms with Crippen molar-refractivity contribution in [1.82, 2.24) is 9.55 Å². The zero-order chi connectivity index (χ0) is 17.2. The van der Waals surface area contributed by atoms with Crippen LogP contribution in [0, 0.1) is 0 Å². The van der Waals surface area contributed by atoms with E-state index in [4.69, 9.17) is 4.74 Å². The number of hydrogen-bond acceptors (Lipinski definition) is 6. The number of aromatic nitrogens is 2. The maximum atomic E-state index is 11.7. The molecule has 1 heterocycles. The van der Waals surface area contributed by atoms with Crippen LogP contribution < -0.4 is 11.2 Å². The highest BCUT2D eigenvalue weighted by molar-refractivity contribution is 7.53. The molecule has 0 bridgehead atoms. The second-order valence-electron chi connectivity index (χ2n) is 5.21. The average Bonchev–Trinajstić information content (AvgIpc) is 2.91. The first-order valence-corrected chi connectivity index (χ1v) is 8.50. The molecule has 3 atom stereocenters. The summed E-state index contributed by atoms with van der Waals surface area (Å²) in [5.74, 6) is -3.13. The first kappa shape index (κ1) is 17.6. The lowest BCUT2D eigenvalue weighted by Crippen LogP contribution is -2.32. The van der Waals surface area contributed by atoms with Crippen LogP contribution in [0.3, 0.4) is 0 Å². The van der Waals surface area contributed by atoms with E-state index >= 15 is 0 Å². The molecule has 1 aliphatic rings. The number of esters is 1. The Morgan fingerprint density at radius 2 is 2.13 bits per heavy atom. The normalized spacial score (nSPS) is 22.7. The van der Waals surface area contributed by atoms with E-state index in [-0.39, 0.29) is 12.5 Å². The molecule has 1 fully saturated rings. The third-order valence-corrected chi connectivity index (χ3v) is 4.57. The molecule has 23 heavy (non-hydrogen) atoms. The largest absolute Gasteiger partial charge is 0.467 e. The van der Waals surface area contributed by atoms with Gasteiger partial charge in [-0.25, -0.2) is 9.59 Å². The van der Waals surface area contributed by atoms with Crippen LogP contribution in [-0.2, 0) is 18.8 Å². The minimum atomic E-state index is -4.82. The van der Waals surface area contributed by atoms with E-state index < -0.39 is 36.8 Å². The van der Waals surface area contributed by atoms with E-state index in [1.807, 2.05) is 0 Å². The molecule has 0 aliphatic heterocycles. The van der Waals surface area contributed by atoms with E-state index in [1.165, 1.54) is 16.8 Å². The van der Waals surface area contributed by atoms with Gasteiger partial charge >= 0.3 is 19.3 Å². The van der Waals surface area contributed by atoms with Crippen LogP contribution in [0.25, 0.3) is 0 Å². The van der Waals surface area contributed by atoms with Crippen molar-refractivity contribution >= 4 is 13.6 Å². The molecule has 0 saturated heterocycles. The van der Waals surface area contributed by atoms with Gasteiger partial charge in [0.2, 0.25) is 0 Å². The monoisotopic (exact) mass is 348 g/mol. The fraction of sp³-hybridized carbons (Fsp3) is 0.583. The van der Waals surface area contributed by atoms with E-state index in [2.05, 4.69) is 9.72 Å². The van der Waals surface area contributed by atoms with E-state index in [9.17, 15) is 28.7 Å². The lowest BCUT2D eigenvalue weighted by atomic mass is 10.2. The first-order valence-electron chi connectivity index (χ1n) is 6.82. The van der Waals surface area contributed by atoms with Gasteiger partial charge in [-0.2, -0.15) is 0 Å². The van der Waals surface area contributed by atoms with Crippen LogP contribution >= 0.6 is 7.60 Å². The van der Waals surface area contributed by atoms with Gasteiger partial charge < -0.3 is 19.3 Å². The molecule has 1 unspecified atom stereocenters. The Balaban J connectivity index is 2.10. The van der Waals surface area contributed by atoms with Gasteiger partial charge in [0, 0.05) is 18.3 Å². The second-order valence-corrected chi connectivity index (χ2v) is 6.85. The molecule has 1 saturated carbocycles. The average molecular weight is 348 g/mol. The topological polar surface area (TPSA) is 148 Å². The lowest BCUT2D eigenvalue weighted by Gasteiger charge is -2.21. The van der Waals surface area contributed by atoms with Crippen molar-refractivity contribution in [3.05, 3.63) is 33.1 Å². The van der Waals surface area contributed by atoms with Crippen molar-refractivity contribution in [2.75, 3.05) is 7.11 Å². The molecule has 10 nitrogen and oxygen atoms in total. The number of ether oxygens (including phenoxy) is 2. The fourth-order valence-electron chi connectivity index (χ4n) is 2.56. The third-order valence-electron chi connectivity index (χ3n) is 3.63. The molecular formula is C12H17N2O8P. The number of nitrogens with zero attached hydrogens (tertiary/aromatic N) is 1. The smallest absolute Gasteiger partial charge is 0.365 e. The number of carbonyl (C=O) groups excluding carboxylic acids is 1. The summed E-state index contributed by atoms with van der Waals surface area (Å²) < 4.78 is 22.2. The summed E-state index contributed by atoms with van der Waals surface area (Å²) in [6.45, 7) is 0. The Morgan fingerprint density at radius 3 is 2.70 bits per heavy atom. The second kappa shape index (κ2) is 6.79. The zero-order valence-corrected chi connectivity index (χ0v) is 13.1. The van der Waals surface area contributed by atoms with Crippen LogP contribution in [0.4, 0.5) is 0 Å². The highest BCUT2D eigenvalue weighted by Crippen LogP contribution is 2.45. The maximum Gasteiger partial charge on any atom is 0.365 e. The van der Waals surface area contributed by atoms with Gasteiger partial charge in [-0.15, -0.1) is 0 Å². The summed E-state index contributed by atoms with van der Waals surface area (Å²) in [6, 6.07) is 0.919. The highest BCUT2D eigenvalue weighted by Gasteiger charge is 2.41. The summed E-state index contributed by atoms with van der Waals surface area (Å²) >= 11 is 0. The maximum absolute atomic E-state index is 11.7. The van der Waals surface area contributed by atoms with E-state index in [1.54, 1.807) is 0 Å². The van der Waals surface area contributed by atoms with Crippen molar-refractivity contribution in [2.45, 2.75) is 37.3 Å². The van der Waals surface area contributed by atoms with Gasteiger partial charge in [-0.3, -0.25) is 18.9 Å². The molecule has 0 spiro atoms. The number of H-pyrrole nitrogens is 1. The SMILES string of the molecule is COC(=O)C(O[C@@H]1CC[C@H](n2ccc(=O)[nH]c2=O)C1)P(=O)(O)O. The van der Waals surface area contributed by atoms with Crippen molar-refractivity contribution in [2.24, 2.45) is 0 Å². The van der Waals surface area contributed by atoms with Gasteiger partial charge in [0.25, 0.3) is 11.4 Å². The number of nitrogens with one attached hydrogen (secondary N) is 1. The molecule has 128 valence electrons. The number of rotatable bonds is 5. The van der Waals surface area contributed by atoms with Crippen LogP contribution in [0.5, 0.6) is 0 Å². The Morgan fingerprint density at radius 1 is 1.43 bits per heavy atom. The minimum absolute atomic E-state index is 0.277. The third kappa shape index (κ3) is 4.17. The number of hydrogen-bond donors (Lipinski definition) is 3. The van der Waals surface area contributed by atoms with Gasteiger partial charge in [0.05, 0.1) is 13.2 Å².